The maximum atomic E-state index is 10.9. The number of nitrogens with two attached hydrogens (primary N) is 3. The molecule has 9 heteroatoms. The first-order valence-electron chi connectivity index (χ1n) is 6.13. The normalized spacial score (nSPS) is 11.9. The molecule has 0 fully saturated rings. The third-order valence-corrected chi connectivity index (χ3v) is 3.94. The molecule has 0 bridgehead atoms. The van der Waals surface area contributed by atoms with Crippen molar-refractivity contribution >= 4 is 38.6 Å². The van der Waals surface area contributed by atoms with Crippen LogP contribution < -0.4 is 17.2 Å². The molecule has 0 heterocycles. The highest BCUT2D eigenvalue weighted by atomic mass is 32.2. The Kier molecular flexibility index (Phi) is 4.02. The zero-order chi connectivity index (χ0) is 16.5. The highest BCUT2D eigenvalue weighted by molar-refractivity contribution is 7.85. The SMILES string of the molecule is Cc1c(N)cc(N)c(N=Nc2ccc(S(=O)(=O)O)cc2)c1N. The van der Waals surface area contributed by atoms with Gasteiger partial charge in [0.05, 0.1) is 22.0 Å². The molecular formula is C13H15N5O3S. The zero-order valence-electron chi connectivity index (χ0n) is 11.7. The molecule has 22 heavy (non-hydrogen) atoms. The van der Waals surface area contributed by atoms with Crippen molar-refractivity contribution in [2.24, 2.45) is 10.2 Å². The summed E-state index contributed by atoms with van der Waals surface area (Å²) in [4.78, 5) is -0.228. The lowest BCUT2D eigenvalue weighted by molar-refractivity contribution is 0.483. The van der Waals surface area contributed by atoms with Crippen LogP contribution in [0, 0.1) is 6.92 Å². The minimum absolute atomic E-state index is 0.228. The van der Waals surface area contributed by atoms with E-state index in [1.54, 1.807) is 13.0 Å². The summed E-state index contributed by atoms with van der Waals surface area (Å²) in [6.45, 7) is 1.74. The van der Waals surface area contributed by atoms with Crippen LogP contribution in [0.25, 0.3) is 0 Å². The number of benzene rings is 2. The van der Waals surface area contributed by atoms with Crippen LogP contribution in [0.4, 0.5) is 28.4 Å². The van der Waals surface area contributed by atoms with Gasteiger partial charge in [-0.2, -0.15) is 13.5 Å². The van der Waals surface area contributed by atoms with Crippen molar-refractivity contribution in [3.05, 3.63) is 35.9 Å². The molecule has 116 valence electrons. The predicted molar refractivity (Wildman–Crippen MR) is 84.8 cm³/mol. The van der Waals surface area contributed by atoms with Crippen LogP contribution >= 0.6 is 0 Å². The Hall–Kier alpha value is -2.65. The molecule has 0 aliphatic carbocycles. The van der Waals surface area contributed by atoms with E-state index in [1.165, 1.54) is 24.3 Å². The van der Waals surface area contributed by atoms with Gasteiger partial charge in [0.25, 0.3) is 10.1 Å². The highest BCUT2D eigenvalue weighted by Crippen LogP contribution is 2.36. The first kappa shape index (κ1) is 15.7. The van der Waals surface area contributed by atoms with Gasteiger partial charge in [-0.05, 0) is 42.8 Å². The van der Waals surface area contributed by atoms with E-state index in [0.29, 0.717) is 34.0 Å². The van der Waals surface area contributed by atoms with Gasteiger partial charge in [0.2, 0.25) is 0 Å². The van der Waals surface area contributed by atoms with E-state index in [9.17, 15) is 8.42 Å². The van der Waals surface area contributed by atoms with Gasteiger partial charge >= 0.3 is 0 Å². The fourth-order valence-electron chi connectivity index (χ4n) is 1.74. The highest BCUT2D eigenvalue weighted by Gasteiger charge is 2.10. The lowest BCUT2D eigenvalue weighted by atomic mass is 10.1. The minimum Gasteiger partial charge on any atom is -0.398 e. The van der Waals surface area contributed by atoms with E-state index < -0.39 is 10.1 Å². The van der Waals surface area contributed by atoms with Crippen LogP contribution in [0.15, 0.2) is 45.5 Å². The second kappa shape index (κ2) is 5.62. The van der Waals surface area contributed by atoms with E-state index in [-0.39, 0.29) is 4.90 Å². The Morgan fingerprint density at radius 2 is 1.59 bits per heavy atom. The van der Waals surface area contributed by atoms with Crippen molar-refractivity contribution in [3.8, 4) is 0 Å². The van der Waals surface area contributed by atoms with Gasteiger partial charge in [-0.25, -0.2) is 0 Å². The summed E-state index contributed by atoms with van der Waals surface area (Å²) in [7, 11) is -4.24. The Balaban J connectivity index is 2.36. The third-order valence-electron chi connectivity index (χ3n) is 3.08. The zero-order valence-corrected chi connectivity index (χ0v) is 12.5. The Bertz CT molecular complexity index is 845. The third kappa shape index (κ3) is 3.15. The Morgan fingerprint density at radius 1 is 1.00 bits per heavy atom. The van der Waals surface area contributed by atoms with Gasteiger partial charge in [-0.1, -0.05) is 0 Å². The van der Waals surface area contributed by atoms with Gasteiger partial charge in [0.15, 0.2) is 0 Å². The Morgan fingerprint density at radius 3 is 2.14 bits per heavy atom. The number of rotatable bonds is 3. The molecule has 2 aromatic carbocycles. The van der Waals surface area contributed by atoms with Crippen molar-refractivity contribution in [1.29, 1.82) is 0 Å². The molecule has 0 amide bonds. The molecule has 0 aliphatic heterocycles. The Labute approximate surface area is 127 Å². The first-order chi connectivity index (χ1) is 10.2. The van der Waals surface area contributed by atoms with Crippen molar-refractivity contribution in [1.82, 2.24) is 0 Å². The standard InChI is InChI=1S/C13H15N5O3S/c1-7-10(14)6-11(15)13(12(7)16)18-17-8-2-4-9(5-3-8)22(19,20)21/h2-6H,14-16H2,1H3,(H,19,20,21). The number of nitrogens with zero attached hydrogens (tertiary/aromatic N) is 2. The molecule has 0 radical (unpaired) electrons. The molecule has 0 atom stereocenters. The van der Waals surface area contributed by atoms with Crippen molar-refractivity contribution in [2.75, 3.05) is 17.2 Å². The predicted octanol–water partition coefficient (Wildman–Crippen LogP) is 2.40. The lowest BCUT2D eigenvalue weighted by Crippen LogP contribution is -1.99. The second-order valence-corrected chi connectivity index (χ2v) is 6.03. The molecule has 2 aromatic rings. The number of azo groups is 1. The number of nitrogen functional groups attached to an aromatic ring is 3. The molecule has 7 N–H and O–H groups in total. The van der Waals surface area contributed by atoms with Gasteiger partial charge in [-0.15, -0.1) is 5.11 Å². The number of hydrogen-bond donors (Lipinski definition) is 4. The van der Waals surface area contributed by atoms with Crippen molar-refractivity contribution in [3.63, 3.8) is 0 Å². The molecule has 0 aromatic heterocycles. The van der Waals surface area contributed by atoms with Crippen LogP contribution in [-0.4, -0.2) is 13.0 Å². The van der Waals surface area contributed by atoms with Crippen molar-refractivity contribution in [2.45, 2.75) is 11.8 Å². The van der Waals surface area contributed by atoms with Crippen LogP contribution in [0.5, 0.6) is 0 Å². The lowest BCUT2D eigenvalue weighted by Gasteiger charge is -2.09. The smallest absolute Gasteiger partial charge is 0.294 e. The van der Waals surface area contributed by atoms with Crippen LogP contribution in [-0.2, 0) is 10.1 Å². The summed E-state index contributed by atoms with van der Waals surface area (Å²) >= 11 is 0. The fraction of sp³-hybridized carbons (Fsp3) is 0.0769. The topological polar surface area (TPSA) is 157 Å². The van der Waals surface area contributed by atoms with E-state index in [1.807, 2.05) is 0 Å². The largest absolute Gasteiger partial charge is 0.398 e. The molecular weight excluding hydrogens is 306 g/mol. The van der Waals surface area contributed by atoms with Crippen LogP contribution in [0.2, 0.25) is 0 Å². The maximum Gasteiger partial charge on any atom is 0.294 e. The summed E-state index contributed by atoms with van der Waals surface area (Å²) in [6, 6.07) is 6.75. The fourth-order valence-corrected chi connectivity index (χ4v) is 2.22. The molecule has 0 unspecified atom stereocenters. The average Bonchev–Trinajstić information content (AvgIpc) is 2.44. The van der Waals surface area contributed by atoms with E-state index in [4.69, 9.17) is 21.8 Å². The second-order valence-electron chi connectivity index (χ2n) is 4.61. The van der Waals surface area contributed by atoms with Crippen molar-refractivity contribution < 1.29 is 13.0 Å². The summed E-state index contributed by atoms with van der Waals surface area (Å²) in [5.41, 5.74) is 19.9. The van der Waals surface area contributed by atoms with Gasteiger partial charge < -0.3 is 17.2 Å². The van der Waals surface area contributed by atoms with Gasteiger partial charge in [-0.3, -0.25) is 4.55 Å². The number of hydrogen-bond acceptors (Lipinski definition) is 7. The van der Waals surface area contributed by atoms with E-state index in [0.717, 1.165) is 0 Å². The quantitative estimate of drug-likeness (QED) is 0.386. The van der Waals surface area contributed by atoms with Crippen LogP contribution in [0.1, 0.15) is 5.56 Å². The van der Waals surface area contributed by atoms with Gasteiger partial charge in [0, 0.05) is 5.69 Å². The summed E-state index contributed by atoms with van der Waals surface area (Å²) in [5.74, 6) is 0. The van der Waals surface area contributed by atoms with Gasteiger partial charge in [0.1, 0.15) is 5.69 Å². The first-order valence-corrected chi connectivity index (χ1v) is 7.57. The molecule has 0 saturated carbocycles. The average molecular weight is 321 g/mol. The number of anilines is 3. The van der Waals surface area contributed by atoms with E-state index >= 15 is 0 Å². The summed E-state index contributed by atoms with van der Waals surface area (Å²) in [5, 5.41) is 7.92. The minimum atomic E-state index is -4.24. The van der Waals surface area contributed by atoms with Crippen LogP contribution in [0.3, 0.4) is 0 Å². The summed E-state index contributed by atoms with van der Waals surface area (Å²) in [6.07, 6.45) is 0. The molecule has 0 spiro atoms. The molecule has 0 saturated heterocycles. The molecule has 2 rings (SSSR count). The van der Waals surface area contributed by atoms with E-state index in [2.05, 4.69) is 10.2 Å². The molecule has 0 aliphatic rings. The summed E-state index contributed by atoms with van der Waals surface area (Å²) < 4.78 is 30.8. The molecule has 8 nitrogen and oxygen atoms in total. The monoisotopic (exact) mass is 321 g/mol. The maximum absolute atomic E-state index is 10.9.